The molecule has 1 aliphatic heterocycles. The van der Waals surface area contributed by atoms with Gasteiger partial charge >= 0.3 is 5.97 Å². The number of aliphatic hydroxyl groups excluding tert-OH is 2. The zero-order valence-electron chi connectivity index (χ0n) is 11.5. The smallest absolute Gasteiger partial charge is 0.337 e. The number of hydrogen-bond acceptors (Lipinski definition) is 6. The van der Waals surface area contributed by atoms with Gasteiger partial charge in [0.25, 0.3) is 0 Å². The number of benzene rings is 1. The highest BCUT2D eigenvalue weighted by Crippen LogP contribution is 2.47. The average Bonchev–Trinajstić information content (AvgIpc) is 2.93. The van der Waals surface area contributed by atoms with E-state index in [2.05, 4.69) is 9.72 Å². The Labute approximate surface area is 134 Å². The van der Waals surface area contributed by atoms with Crippen LogP contribution in [-0.4, -0.2) is 60.0 Å². The maximum atomic E-state index is 11.2. The summed E-state index contributed by atoms with van der Waals surface area (Å²) in [5.74, 6) is -1.71. The summed E-state index contributed by atoms with van der Waals surface area (Å²) >= 11 is 5.87. The Bertz CT molecular complexity index is 727. The molecular weight excluding hydrogens is 330 g/mol. The average molecular weight is 344 g/mol. The van der Waals surface area contributed by atoms with Crippen molar-refractivity contribution in [3.8, 4) is 0 Å². The molecule has 8 nitrogen and oxygen atoms in total. The van der Waals surface area contributed by atoms with Crippen molar-refractivity contribution < 1.29 is 35.1 Å². The molecule has 23 heavy (non-hydrogen) atoms. The Morgan fingerprint density at radius 1 is 1.26 bits per heavy atom. The zero-order valence-corrected chi connectivity index (χ0v) is 12.3. The largest absolute Gasteiger partial charge is 0.479 e. The number of aliphatic hydroxyl groups is 4. The maximum Gasteiger partial charge on any atom is 0.337 e. The van der Waals surface area contributed by atoms with Gasteiger partial charge in [-0.3, -0.25) is 0 Å². The molecule has 0 amide bonds. The lowest BCUT2D eigenvalue weighted by atomic mass is 9.80. The highest BCUT2D eigenvalue weighted by atomic mass is 35.5. The van der Waals surface area contributed by atoms with Gasteiger partial charge < -0.3 is 35.3 Å². The number of alkyl halides is 1. The summed E-state index contributed by atoms with van der Waals surface area (Å²) in [5, 5.41) is 47.9. The van der Waals surface area contributed by atoms with Crippen molar-refractivity contribution in [1.82, 2.24) is 4.98 Å². The third-order valence-electron chi connectivity index (χ3n) is 4.02. The molecule has 5 atom stereocenters. The minimum Gasteiger partial charge on any atom is -0.479 e. The van der Waals surface area contributed by atoms with Gasteiger partial charge in [-0.25, -0.2) is 4.79 Å². The molecule has 9 heteroatoms. The molecule has 2 aromatic rings. The number of carbonyl (C=O) groups is 1. The van der Waals surface area contributed by atoms with Crippen LogP contribution in [0.3, 0.4) is 0 Å². The van der Waals surface area contributed by atoms with E-state index >= 15 is 0 Å². The molecule has 2 heterocycles. The van der Waals surface area contributed by atoms with Gasteiger partial charge in [0.2, 0.25) is 11.2 Å². The second-order valence-corrected chi connectivity index (χ2v) is 5.98. The van der Waals surface area contributed by atoms with Gasteiger partial charge in [-0.1, -0.05) is 29.8 Å². The quantitative estimate of drug-likeness (QED) is 0.401. The van der Waals surface area contributed by atoms with Gasteiger partial charge in [0.05, 0.1) is 5.69 Å². The molecule has 0 spiro atoms. The zero-order chi connectivity index (χ0) is 17.0. The van der Waals surface area contributed by atoms with Crippen molar-refractivity contribution in [3.63, 3.8) is 0 Å². The van der Waals surface area contributed by atoms with Crippen molar-refractivity contribution in [2.45, 2.75) is 29.2 Å². The first-order chi connectivity index (χ1) is 10.7. The molecule has 1 aliphatic rings. The van der Waals surface area contributed by atoms with Crippen LogP contribution in [0.15, 0.2) is 30.3 Å². The van der Waals surface area contributed by atoms with Crippen LogP contribution >= 0.6 is 11.6 Å². The van der Waals surface area contributed by atoms with Crippen LogP contribution in [0.5, 0.6) is 0 Å². The number of hydrogen-bond donors (Lipinski definition) is 6. The Morgan fingerprint density at radius 3 is 2.52 bits per heavy atom. The van der Waals surface area contributed by atoms with E-state index < -0.39 is 35.1 Å². The van der Waals surface area contributed by atoms with E-state index in [0.29, 0.717) is 10.9 Å². The van der Waals surface area contributed by atoms with Crippen molar-refractivity contribution in [2.75, 3.05) is 0 Å². The number of nitrogens with one attached hydrogen (secondary N) is 1. The SMILES string of the molecule is O=C(O)[C@H]1O[C@@H](O)[C@H](O)[C@](O)(c2cc3ccccc3[nH]2)[C@@]1(O)Cl. The lowest BCUT2D eigenvalue weighted by molar-refractivity contribution is -0.332. The Kier molecular flexibility index (Phi) is 3.64. The van der Waals surface area contributed by atoms with Crippen LogP contribution < -0.4 is 0 Å². The minimum atomic E-state index is -2.93. The van der Waals surface area contributed by atoms with Crippen LogP contribution in [0.25, 0.3) is 10.9 Å². The second kappa shape index (κ2) is 5.17. The number of aromatic amines is 1. The molecule has 3 rings (SSSR count). The molecule has 0 unspecified atom stereocenters. The van der Waals surface area contributed by atoms with Gasteiger partial charge in [0.1, 0.15) is 6.10 Å². The standard InChI is InChI=1S/C14H14ClNO7/c15-14(22)10(11(18)19)23-12(20)9(17)13(14,21)8-5-6-3-1-2-4-7(6)16-8/h1-5,9-10,12,16-17,20-22H,(H,18,19)/t9-,10+,12+,13+,14+/m0/s1. The molecule has 0 saturated carbocycles. The first-order valence-electron chi connectivity index (χ1n) is 6.66. The van der Waals surface area contributed by atoms with Crippen molar-refractivity contribution in [2.24, 2.45) is 0 Å². The Hall–Kier alpha value is -1.68. The second-order valence-electron chi connectivity index (χ2n) is 5.40. The molecular formula is C14H14ClNO7. The van der Waals surface area contributed by atoms with Gasteiger partial charge in [-0.05, 0) is 17.5 Å². The van der Waals surface area contributed by atoms with E-state index in [0.717, 1.165) is 0 Å². The summed E-state index contributed by atoms with van der Waals surface area (Å²) in [6.45, 7) is 0. The Morgan fingerprint density at radius 2 is 1.91 bits per heavy atom. The summed E-state index contributed by atoms with van der Waals surface area (Å²) < 4.78 is 4.62. The highest BCUT2D eigenvalue weighted by Gasteiger charge is 2.68. The predicted octanol–water partition coefficient (Wildman–Crippen LogP) is -0.554. The number of aromatic nitrogens is 1. The lowest BCUT2D eigenvalue weighted by Crippen LogP contribution is -2.71. The molecule has 1 fully saturated rings. The fourth-order valence-corrected chi connectivity index (χ4v) is 3.12. The van der Waals surface area contributed by atoms with Crippen LogP contribution in [0.4, 0.5) is 0 Å². The third kappa shape index (κ3) is 2.15. The fourth-order valence-electron chi connectivity index (χ4n) is 2.77. The number of carboxylic acid groups (broad SMARTS) is 1. The van der Waals surface area contributed by atoms with Gasteiger partial charge in [-0.15, -0.1) is 0 Å². The highest BCUT2D eigenvalue weighted by molar-refractivity contribution is 6.25. The molecule has 6 N–H and O–H groups in total. The normalized spacial score (nSPS) is 37.9. The number of aliphatic carboxylic acids is 1. The molecule has 0 aliphatic carbocycles. The van der Waals surface area contributed by atoms with E-state index in [9.17, 15) is 25.2 Å². The lowest BCUT2D eigenvalue weighted by Gasteiger charge is -2.49. The fraction of sp³-hybridized carbons (Fsp3) is 0.357. The minimum absolute atomic E-state index is 0.155. The summed E-state index contributed by atoms with van der Waals surface area (Å²) in [6, 6.07) is 8.21. The van der Waals surface area contributed by atoms with E-state index in [1.807, 2.05) is 0 Å². The molecule has 1 aromatic carbocycles. The number of carboxylic acids is 1. The molecule has 0 bridgehead atoms. The van der Waals surface area contributed by atoms with Crippen LogP contribution in [0.1, 0.15) is 5.69 Å². The number of para-hydroxylation sites is 1. The van der Waals surface area contributed by atoms with E-state index in [4.69, 9.17) is 16.7 Å². The molecule has 0 radical (unpaired) electrons. The number of H-pyrrole nitrogens is 1. The van der Waals surface area contributed by atoms with Crippen molar-refractivity contribution >= 4 is 28.5 Å². The molecule has 124 valence electrons. The third-order valence-corrected chi connectivity index (χ3v) is 4.51. The first kappa shape index (κ1) is 16.2. The monoisotopic (exact) mass is 343 g/mol. The van der Waals surface area contributed by atoms with Crippen LogP contribution in [0.2, 0.25) is 0 Å². The van der Waals surface area contributed by atoms with E-state index in [1.54, 1.807) is 24.3 Å². The Balaban J connectivity index is 2.20. The predicted molar refractivity (Wildman–Crippen MR) is 77.5 cm³/mol. The first-order valence-corrected chi connectivity index (χ1v) is 7.03. The van der Waals surface area contributed by atoms with Crippen molar-refractivity contribution in [1.29, 1.82) is 0 Å². The van der Waals surface area contributed by atoms with Crippen LogP contribution in [-0.2, 0) is 15.1 Å². The van der Waals surface area contributed by atoms with Gasteiger partial charge in [-0.2, -0.15) is 0 Å². The summed E-state index contributed by atoms with van der Waals surface area (Å²) in [7, 11) is 0. The van der Waals surface area contributed by atoms with Gasteiger partial charge in [0, 0.05) is 5.52 Å². The van der Waals surface area contributed by atoms with Crippen LogP contribution in [0, 0.1) is 0 Å². The van der Waals surface area contributed by atoms with E-state index in [1.165, 1.54) is 6.07 Å². The number of rotatable bonds is 2. The van der Waals surface area contributed by atoms with Crippen molar-refractivity contribution in [3.05, 3.63) is 36.0 Å². The number of fused-ring (bicyclic) bond motifs is 1. The maximum absolute atomic E-state index is 11.2. The molecule has 1 saturated heterocycles. The molecule has 1 aromatic heterocycles. The summed E-state index contributed by atoms with van der Waals surface area (Å²) in [6.07, 6.45) is -6.32. The number of halogens is 1. The summed E-state index contributed by atoms with van der Waals surface area (Å²) in [4.78, 5) is 14.0. The van der Waals surface area contributed by atoms with Gasteiger partial charge in [0.15, 0.2) is 11.9 Å². The number of ether oxygens (including phenoxy) is 1. The summed E-state index contributed by atoms with van der Waals surface area (Å²) in [5.41, 5.74) is -2.31. The van der Waals surface area contributed by atoms with E-state index in [-0.39, 0.29) is 5.69 Å². The topological polar surface area (TPSA) is 143 Å².